The highest BCUT2D eigenvalue weighted by Gasteiger charge is 2.33. The molecule has 0 aliphatic carbocycles. The molecule has 2 heterocycles. The summed E-state index contributed by atoms with van der Waals surface area (Å²) in [7, 11) is 2.07. The van der Waals surface area contributed by atoms with Gasteiger partial charge in [0.2, 0.25) is 0 Å². The predicted octanol–water partition coefficient (Wildman–Crippen LogP) is 2.08. The quantitative estimate of drug-likeness (QED) is 0.787. The van der Waals surface area contributed by atoms with Crippen LogP contribution < -0.4 is 0 Å². The minimum absolute atomic E-state index is 0.682. The van der Waals surface area contributed by atoms with E-state index >= 15 is 0 Å². The predicted molar refractivity (Wildman–Crippen MR) is 68.9 cm³/mol. The Morgan fingerprint density at radius 3 is 3.06 bits per heavy atom. The molecule has 1 aliphatic rings. The molecule has 1 aromatic heterocycles. The molecular formula is C14H18N2O. The van der Waals surface area contributed by atoms with Crippen molar-refractivity contribution >= 4 is 10.9 Å². The van der Waals surface area contributed by atoms with Crippen LogP contribution >= 0.6 is 0 Å². The Morgan fingerprint density at radius 2 is 2.24 bits per heavy atom. The fourth-order valence-electron chi connectivity index (χ4n) is 2.82. The molecular weight excluding hydrogens is 212 g/mol. The van der Waals surface area contributed by atoms with Gasteiger partial charge < -0.3 is 15.0 Å². The zero-order valence-corrected chi connectivity index (χ0v) is 10.1. The van der Waals surface area contributed by atoms with Gasteiger partial charge in [-0.25, -0.2) is 0 Å². The van der Waals surface area contributed by atoms with Crippen molar-refractivity contribution in [2.24, 2.45) is 0 Å². The number of fused-ring (bicyclic) bond motifs is 1. The topological polar surface area (TPSA) is 39.3 Å². The number of piperidine rings is 1. The van der Waals surface area contributed by atoms with Crippen LogP contribution in [0, 0.1) is 0 Å². The highest BCUT2D eigenvalue weighted by molar-refractivity contribution is 5.80. The van der Waals surface area contributed by atoms with Crippen LogP contribution in [0.25, 0.3) is 10.9 Å². The molecule has 3 heteroatoms. The van der Waals surface area contributed by atoms with E-state index in [0.29, 0.717) is 0 Å². The smallest absolute Gasteiger partial charge is 0.102 e. The Balaban J connectivity index is 2.01. The number of aliphatic hydroxyl groups is 1. The molecule has 1 aliphatic heterocycles. The van der Waals surface area contributed by atoms with E-state index in [1.54, 1.807) is 0 Å². The fourth-order valence-corrected chi connectivity index (χ4v) is 2.82. The van der Waals surface area contributed by atoms with Crippen molar-refractivity contribution in [3.8, 4) is 0 Å². The van der Waals surface area contributed by atoms with Crippen molar-refractivity contribution in [3.63, 3.8) is 0 Å². The second-order valence-corrected chi connectivity index (χ2v) is 5.15. The zero-order valence-electron chi connectivity index (χ0n) is 10.1. The third-order valence-corrected chi connectivity index (χ3v) is 3.75. The molecule has 3 nitrogen and oxygen atoms in total. The van der Waals surface area contributed by atoms with Crippen LogP contribution in [0.4, 0.5) is 0 Å². The third kappa shape index (κ3) is 1.85. The van der Waals surface area contributed by atoms with Crippen molar-refractivity contribution in [2.75, 3.05) is 20.1 Å². The molecule has 1 atom stereocenters. The van der Waals surface area contributed by atoms with E-state index < -0.39 is 5.60 Å². The first-order valence-electron chi connectivity index (χ1n) is 6.16. The summed E-state index contributed by atoms with van der Waals surface area (Å²) < 4.78 is 0. The number of hydrogen-bond donors (Lipinski definition) is 2. The Bertz CT molecular complexity index is 534. The van der Waals surface area contributed by atoms with Crippen LogP contribution in [0.3, 0.4) is 0 Å². The van der Waals surface area contributed by atoms with Crippen molar-refractivity contribution in [1.29, 1.82) is 0 Å². The number of rotatable bonds is 1. The number of benzene rings is 1. The molecule has 1 fully saturated rings. The van der Waals surface area contributed by atoms with Crippen LogP contribution in [0.1, 0.15) is 18.4 Å². The van der Waals surface area contributed by atoms with Crippen molar-refractivity contribution < 1.29 is 5.11 Å². The Morgan fingerprint density at radius 1 is 1.35 bits per heavy atom. The van der Waals surface area contributed by atoms with Gasteiger partial charge in [0.15, 0.2) is 0 Å². The lowest BCUT2D eigenvalue weighted by Gasteiger charge is -2.37. The Kier molecular flexibility index (Phi) is 2.45. The first-order valence-corrected chi connectivity index (χ1v) is 6.16. The summed E-state index contributed by atoms with van der Waals surface area (Å²) in [5.74, 6) is 0. The molecule has 1 saturated heterocycles. The highest BCUT2D eigenvalue weighted by Crippen LogP contribution is 2.32. The van der Waals surface area contributed by atoms with Gasteiger partial charge in [0, 0.05) is 18.3 Å². The maximum absolute atomic E-state index is 10.8. The number of aromatic amines is 1. The van der Waals surface area contributed by atoms with E-state index in [0.717, 1.165) is 37.0 Å². The molecule has 2 N–H and O–H groups in total. The van der Waals surface area contributed by atoms with Crippen molar-refractivity contribution in [3.05, 3.63) is 36.0 Å². The van der Waals surface area contributed by atoms with Crippen LogP contribution in [0.2, 0.25) is 0 Å². The van der Waals surface area contributed by atoms with Crippen LogP contribution in [0.15, 0.2) is 30.5 Å². The molecule has 3 rings (SSSR count). The molecule has 90 valence electrons. The summed E-state index contributed by atoms with van der Waals surface area (Å²) in [6, 6.07) is 8.25. The molecule has 0 amide bonds. The van der Waals surface area contributed by atoms with Gasteiger partial charge >= 0.3 is 0 Å². The standard InChI is InChI=1S/C14H18N2O/c1-16-8-2-6-14(17,10-16)12-3-4-13-11(9-12)5-7-15-13/h3-5,7,9,15,17H,2,6,8,10H2,1H3. The van der Waals surface area contributed by atoms with E-state index in [4.69, 9.17) is 0 Å². The fraction of sp³-hybridized carbons (Fsp3) is 0.429. The van der Waals surface area contributed by atoms with Crippen LogP contribution in [-0.4, -0.2) is 35.1 Å². The summed E-state index contributed by atoms with van der Waals surface area (Å²) in [6.45, 7) is 1.80. The second-order valence-electron chi connectivity index (χ2n) is 5.15. The normalized spacial score (nSPS) is 26.5. The van der Waals surface area contributed by atoms with E-state index in [1.165, 1.54) is 5.39 Å². The average molecular weight is 230 g/mol. The van der Waals surface area contributed by atoms with Gasteiger partial charge in [-0.15, -0.1) is 0 Å². The van der Waals surface area contributed by atoms with Gasteiger partial charge in [0.25, 0.3) is 0 Å². The van der Waals surface area contributed by atoms with Gasteiger partial charge in [0.05, 0.1) is 0 Å². The van der Waals surface area contributed by atoms with Crippen LogP contribution in [0.5, 0.6) is 0 Å². The molecule has 2 aromatic rings. The SMILES string of the molecule is CN1CCCC(O)(c2ccc3[nH]ccc3c2)C1. The van der Waals surface area contributed by atoms with Crippen molar-refractivity contribution in [2.45, 2.75) is 18.4 Å². The van der Waals surface area contributed by atoms with E-state index in [2.05, 4.69) is 35.1 Å². The number of hydrogen-bond acceptors (Lipinski definition) is 2. The van der Waals surface area contributed by atoms with Crippen LogP contribution in [-0.2, 0) is 5.60 Å². The molecule has 1 aromatic carbocycles. The maximum Gasteiger partial charge on any atom is 0.102 e. The number of β-amino-alcohol motifs (C(OH)–C–C–N with tert-alkyl or cyclic N) is 1. The van der Waals surface area contributed by atoms with E-state index in [9.17, 15) is 5.11 Å². The molecule has 0 spiro atoms. The summed E-state index contributed by atoms with van der Waals surface area (Å²) in [6.07, 6.45) is 3.84. The van der Waals surface area contributed by atoms with Gasteiger partial charge in [-0.3, -0.25) is 0 Å². The largest absolute Gasteiger partial charge is 0.384 e. The number of H-pyrrole nitrogens is 1. The Labute approximate surface area is 101 Å². The van der Waals surface area contributed by atoms with E-state index in [1.807, 2.05) is 12.3 Å². The number of aromatic nitrogens is 1. The van der Waals surface area contributed by atoms with Gasteiger partial charge in [0.1, 0.15) is 5.60 Å². The minimum atomic E-state index is -0.682. The third-order valence-electron chi connectivity index (χ3n) is 3.75. The number of likely N-dealkylation sites (tertiary alicyclic amines) is 1. The minimum Gasteiger partial charge on any atom is -0.384 e. The Hall–Kier alpha value is -1.32. The molecule has 17 heavy (non-hydrogen) atoms. The number of nitrogens with zero attached hydrogens (tertiary/aromatic N) is 1. The summed E-state index contributed by atoms with van der Waals surface area (Å²) in [4.78, 5) is 5.38. The molecule has 0 radical (unpaired) electrons. The van der Waals surface area contributed by atoms with Gasteiger partial charge in [-0.05, 0) is 55.6 Å². The molecule has 0 saturated carbocycles. The van der Waals surface area contributed by atoms with Gasteiger partial charge in [-0.1, -0.05) is 6.07 Å². The lowest BCUT2D eigenvalue weighted by molar-refractivity contribution is -0.0276. The summed E-state index contributed by atoms with van der Waals surface area (Å²) in [5.41, 5.74) is 1.48. The lowest BCUT2D eigenvalue weighted by atomic mass is 9.85. The average Bonchev–Trinajstić information content (AvgIpc) is 2.75. The first-order chi connectivity index (χ1) is 8.17. The number of nitrogens with one attached hydrogen (secondary N) is 1. The van der Waals surface area contributed by atoms with Gasteiger partial charge in [-0.2, -0.15) is 0 Å². The zero-order chi connectivity index (χ0) is 11.9. The summed E-state index contributed by atoms with van der Waals surface area (Å²) >= 11 is 0. The lowest BCUT2D eigenvalue weighted by Crippen LogP contribution is -2.44. The molecule has 0 bridgehead atoms. The number of likely N-dealkylation sites (N-methyl/N-ethyl adjacent to an activating group) is 1. The highest BCUT2D eigenvalue weighted by atomic mass is 16.3. The van der Waals surface area contributed by atoms with E-state index in [-0.39, 0.29) is 0 Å². The first kappa shape index (κ1) is 10.8. The van der Waals surface area contributed by atoms with Crippen molar-refractivity contribution in [1.82, 2.24) is 9.88 Å². The maximum atomic E-state index is 10.8. The summed E-state index contributed by atoms with van der Waals surface area (Å²) in [5, 5.41) is 11.9. The monoisotopic (exact) mass is 230 g/mol. The second kappa shape index (κ2) is 3.86. The molecule has 1 unspecified atom stereocenters.